The van der Waals surface area contributed by atoms with Crippen molar-refractivity contribution in [2.24, 2.45) is 0 Å². The van der Waals surface area contributed by atoms with Gasteiger partial charge in [0.05, 0.1) is 6.07 Å². The van der Waals surface area contributed by atoms with Crippen LogP contribution in [0, 0.1) is 10.1 Å². The number of anilines is 1. The third kappa shape index (κ3) is 3.74. The van der Waals surface area contributed by atoms with Gasteiger partial charge in [-0.3, -0.25) is 14.9 Å². The molecule has 1 aromatic heterocycles. The maximum absolute atomic E-state index is 12.2. The summed E-state index contributed by atoms with van der Waals surface area (Å²) in [5.74, 6) is -1.32. The van der Waals surface area contributed by atoms with Gasteiger partial charge in [0.25, 0.3) is 5.91 Å². The fourth-order valence-electron chi connectivity index (χ4n) is 2.54. The van der Waals surface area contributed by atoms with Crippen LogP contribution in [0.2, 0.25) is 0 Å². The second-order valence-corrected chi connectivity index (χ2v) is 5.30. The van der Waals surface area contributed by atoms with E-state index in [-0.39, 0.29) is 18.3 Å². The van der Waals surface area contributed by atoms with Crippen molar-refractivity contribution >= 4 is 29.5 Å². The van der Waals surface area contributed by atoms with Gasteiger partial charge < -0.3 is 14.1 Å². The van der Waals surface area contributed by atoms with E-state index in [2.05, 4.69) is 0 Å². The van der Waals surface area contributed by atoms with Crippen molar-refractivity contribution in [3.63, 3.8) is 0 Å². The summed E-state index contributed by atoms with van der Waals surface area (Å²) < 4.78 is 9.79. The number of carbonyl (C=O) groups is 2. The Morgan fingerprint density at radius 3 is 2.84 bits per heavy atom. The van der Waals surface area contributed by atoms with Crippen molar-refractivity contribution in [1.82, 2.24) is 0 Å². The lowest BCUT2D eigenvalue weighted by atomic mass is 10.2. The topological polar surface area (TPSA) is 103 Å². The van der Waals surface area contributed by atoms with Crippen molar-refractivity contribution < 1.29 is 23.7 Å². The summed E-state index contributed by atoms with van der Waals surface area (Å²) in [6.07, 6.45) is 3.06. The molecule has 1 aliphatic heterocycles. The Kier molecular flexibility index (Phi) is 4.60. The van der Waals surface area contributed by atoms with Crippen LogP contribution in [0.1, 0.15) is 11.3 Å². The summed E-state index contributed by atoms with van der Waals surface area (Å²) >= 11 is 0. The predicted molar refractivity (Wildman–Crippen MR) is 87.9 cm³/mol. The van der Waals surface area contributed by atoms with Crippen molar-refractivity contribution in [1.29, 1.82) is 0 Å². The quantitative estimate of drug-likeness (QED) is 0.357. The van der Waals surface area contributed by atoms with Crippen LogP contribution in [0.4, 0.5) is 11.6 Å². The van der Waals surface area contributed by atoms with E-state index in [1.165, 1.54) is 18.2 Å². The van der Waals surface area contributed by atoms with Crippen molar-refractivity contribution in [2.75, 3.05) is 18.1 Å². The molecular weight excluding hydrogens is 328 g/mol. The van der Waals surface area contributed by atoms with Crippen LogP contribution < -0.4 is 4.90 Å². The lowest BCUT2D eigenvalue weighted by Gasteiger charge is -2.16. The van der Waals surface area contributed by atoms with Gasteiger partial charge in [-0.05, 0) is 30.2 Å². The van der Waals surface area contributed by atoms with E-state index < -0.39 is 16.8 Å². The number of esters is 1. The third-order valence-electron chi connectivity index (χ3n) is 3.70. The number of hydrogen-bond donors (Lipinski definition) is 0. The van der Waals surface area contributed by atoms with E-state index >= 15 is 0 Å². The number of benzene rings is 1. The molecule has 1 amide bonds. The summed E-state index contributed by atoms with van der Waals surface area (Å²) in [5.41, 5.74) is 1.92. The summed E-state index contributed by atoms with van der Waals surface area (Å²) in [6.45, 7) is 0.178. The molecule has 0 radical (unpaired) electrons. The molecule has 0 unspecified atom stereocenters. The predicted octanol–water partition coefficient (Wildman–Crippen LogP) is 2.33. The molecule has 3 rings (SSSR count). The maximum Gasteiger partial charge on any atom is 0.433 e. The molecule has 0 aliphatic carbocycles. The number of hydrogen-bond acceptors (Lipinski definition) is 6. The van der Waals surface area contributed by atoms with Gasteiger partial charge in [-0.25, -0.2) is 4.79 Å². The smallest absolute Gasteiger partial charge is 0.433 e. The number of rotatable bonds is 5. The number of amides is 1. The van der Waals surface area contributed by atoms with Gasteiger partial charge in [-0.1, -0.05) is 18.2 Å². The molecule has 0 saturated heterocycles. The maximum atomic E-state index is 12.2. The molecule has 0 atom stereocenters. The van der Waals surface area contributed by atoms with E-state index in [0.29, 0.717) is 6.54 Å². The number of furan rings is 1. The van der Waals surface area contributed by atoms with Crippen LogP contribution >= 0.6 is 0 Å². The first kappa shape index (κ1) is 16.4. The Morgan fingerprint density at radius 1 is 1.28 bits per heavy atom. The van der Waals surface area contributed by atoms with Crippen molar-refractivity contribution in [2.45, 2.75) is 6.42 Å². The van der Waals surface area contributed by atoms with Crippen LogP contribution in [0.3, 0.4) is 0 Å². The average molecular weight is 342 g/mol. The van der Waals surface area contributed by atoms with Gasteiger partial charge in [0, 0.05) is 18.3 Å². The van der Waals surface area contributed by atoms with Gasteiger partial charge >= 0.3 is 11.9 Å². The van der Waals surface area contributed by atoms with Crippen LogP contribution in [0.25, 0.3) is 6.08 Å². The average Bonchev–Trinajstić information content (AvgIpc) is 3.24. The third-order valence-corrected chi connectivity index (χ3v) is 3.70. The first-order chi connectivity index (χ1) is 12.0. The Balaban J connectivity index is 1.53. The Bertz CT molecular complexity index is 854. The highest BCUT2D eigenvalue weighted by atomic mass is 16.6. The fraction of sp³-hybridized carbons (Fsp3) is 0.176. The number of para-hydroxylation sites is 1. The number of fused-ring (bicyclic) bond motifs is 1. The van der Waals surface area contributed by atoms with E-state index in [9.17, 15) is 19.7 Å². The molecule has 0 fully saturated rings. The summed E-state index contributed by atoms with van der Waals surface area (Å²) in [7, 11) is 0. The number of nitrogens with zero attached hydrogens (tertiary/aromatic N) is 2. The largest absolute Gasteiger partial charge is 0.452 e. The fourth-order valence-corrected chi connectivity index (χ4v) is 2.54. The summed E-state index contributed by atoms with van der Waals surface area (Å²) in [6, 6.07) is 10.1. The summed E-state index contributed by atoms with van der Waals surface area (Å²) in [5, 5.41) is 10.5. The first-order valence-electron chi connectivity index (χ1n) is 7.52. The monoisotopic (exact) mass is 342 g/mol. The van der Waals surface area contributed by atoms with Gasteiger partial charge in [-0.15, -0.1) is 0 Å². The minimum absolute atomic E-state index is 0.142. The van der Waals surface area contributed by atoms with E-state index in [1.54, 1.807) is 4.90 Å². The lowest BCUT2D eigenvalue weighted by molar-refractivity contribution is -0.402. The Morgan fingerprint density at radius 2 is 2.08 bits per heavy atom. The van der Waals surface area contributed by atoms with Crippen LogP contribution in [0.15, 0.2) is 46.9 Å². The van der Waals surface area contributed by atoms with Crippen LogP contribution in [-0.4, -0.2) is 30.0 Å². The van der Waals surface area contributed by atoms with Crippen molar-refractivity contribution in [3.05, 3.63) is 63.9 Å². The van der Waals surface area contributed by atoms with Crippen LogP contribution in [0.5, 0.6) is 0 Å². The van der Waals surface area contributed by atoms with Gasteiger partial charge in [0.15, 0.2) is 6.61 Å². The van der Waals surface area contributed by atoms with E-state index in [1.807, 2.05) is 24.3 Å². The number of carbonyl (C=O) groups excluding carboxylic acids is 2. The highest BCUT2D eigenvalue weighted by molar-refractivity contribution is 5.98. The van der Waals surface area contributed by atoms with Gasteiger partial charge in [0.1, 0.15) is 10.7 Å². The zero-order valence-corrected chi connectivity index (χ0v) is 13.1. The number of nitro groups is 1. The molecule has 2 heterocycles. The lowest BCUT2D eigenvalue weighted by Crippen LogP contribution is -2.33. The second-order valence-electron chi connectivity index (χ2n) is 5.30. The first-order valence-corrected chi connectivity index (χ1v) is 7.52. The van der Waals surface area contributed by atoms with E-state index in [0.717, 1.165) is 23.7 Å². The van der Waals surface area contributed by atoms with Gasteiger partial charge in [-0.2, -0.15) is 0 Å². The molecule has 1 aliphatic rings. The molecule has 0 saturated carbocycles. The van der Waals surface area contributed by atoms with E-state index in [4.69, 9.17) is 9.15 Å². The zero-order valence-electron chi connectivity index (χ0n) is 13.1. The molecule has 25 heavy (non-hydrogen) atoms. The van der Waals surface area contributed by atoms with Gasteiger partial charge in [0.2, 0.25) is 0 Å². The minimum Gasteiger partial charge on any atom is -0.452 e. The molecule has 0 bridgehead atoms. The Hall–Kier alpha value is -3.42. The molecular formula is C17H14N2O6. The number of ether oxygens (including phenoxy) is 1. The molecule has 2 aromatic rings. The molecule has 8 heteroatoms. The second kappa shape index (κ2) is 7.00. The molecule has 1 aromatic carbocycles. The zero-order chi connectivity index (χ0) is 17.8. The normalized spacial score (nSPS) is 13.0. The Labute approximate surface area is 142 Å². The molecule has 128 valence electrons. The molecule has 0 N–H and O–H groups in total. The molecule has 8 nitrogen and oxygen atoms in total. The molecule has 0 spiro atoms. The van der Waals surface area contributed by atoms with Crippen molar-refractivity contribution in [3.8, 4) is 0 Å². The SMILES string of the molecule is O=C(/C=C/c1ccc([N+](=O)[O-])o1)OCC(=O)N1CCc2ccccc21. The highest BCUT2D eigenvalue weighted by Gasteiger charge is 2.24. The standard InChI is InChI=1S/C17H14N2O6/c20-15(18-10-9-12-3-1-2-4-14(12)18)11-24-17(21)8-6-13-5-7-16(25-13)19(22)23/h1-8H,9-11H2/b8-6+. The van der Waals surface area contributed by atoms with Crippen LogP contribution in [-0.2, 0) is 20.7 Å². The minimum atomic E-state index is -0.736. The summed E-state index contributed by atoms with van der Waals surface area (Å²) in [4.78, 5) is 35.3. The highest BCUT2D eigenvalue weighted by Crippen LogP contribution is 2.27.